The molecule has 90 valence electrons. The Hall–Kier alpha value is -1.06. The van der Waals surface area contributed by atoms with Crippen LogP contribution in [0.15, 0.2) is 18.2 Å². The van der Waals surface area contributed by atoms with E-state index in [1.807, 2.05) is 13.0 Å². The molecule has 3 heteroatoms. The van der Waals surface area contributed by atoms with Crippen molar-refractivity contribution in [2.24, 2.45) is 5.73 Å². The van der Waals surface area contributed by atoms with Crippen LogP contribution in [0.5, 0.6) is 5.75 Å². The molecule has 1 aromatic rings. The SMILES string of the molecule is COc1ccc(C(CN)NC(C)C)cc1C. The minimum Gasteiger partial charge on any atom is -0.496 e. The first-order valence-corrected chi connectivity index (χ1v) is 5.69. The molecule has 0 aliphatic rings. The number of nitrogens with two attached hydrogens (primary N) is 1. The summed E-state index contributed by atoms with van der Waals surface area (Å²) >= 11 is 0. The number of rotatable bonds is 5. The van der Waals surface area contributed by atoms with Gasteiger partial charge in [0.15, 0.2) is 0 Å². The minimum absolute atomic E-state index is 0.213. The Morgan fingerprint density at radius 1 is 1.38 bits per heavy atom. The highest BCUT2D eigenvalue weighted by molar-refractivity contribution is 5.37. The standard InChI is InChI=1S/C13H22N2O/c1-9(2)15-12(8-14)11-5-6-13(16-4)10(3)7-11/h5-7,9,12,15H,8,14H2,1-4H3. The Morgan fingerprint density at radius 3 is 2.50 bits per heavy atom. The lowest BCUT2D eigenvalue weighted by Gasteiger charge is -2.21. The Kier molecular flexibility index (Phi) is 4.77. The first-order chi connectivity index (χ1) is 7.58. The fourth-order valence-electron chi connectivity index (χ4n) is 1.82. The predicted octanol–water partition coefficient (Wildman–Crippen LogP) is 2.00. The molecule has 0 fully saturated rings. The zero-order valence-electron chi connectivity index (χ0n) is 10.6. The molecular formula is C13H22N2O. The lowest BCUT2D eigenvalue weighted by molar-refractivity contribution is 0.410. The summed E-state index contributed by atoms with van der Waals surface area (Å²) in [4.78, 5) is 0. The first kappa shape index (κ1) is 13.0. The van der Waals surface area contributed by atoms with E-state index in [1.54, 1.807) is 7.11 Å². The van der Waals surface area contributed by atoms with E-state index >= 15 is 0 Å². The van der Waals surface area contributed by atoms with Crippen molar-refractivity contribution in [3.63, 3.8) is 0 Å². The molecule has 3 nitrogen and oxygen atoms in total. The number of ether oxygens (including phenoxy) is 1. The van der Waals surface area contributed by atoms with Gasteiger partial charge in [0.05, 0.1) is 7.11 Å². The molecule has 0 heterocycles. The molecule has 0 amide bonds. The first-order valence-electron chi connectivity index (χ1n) is 5.69. The molecule has 3 N–H and O–H groups in total. The van der Waals surface area contributed by atoms with Crippen molar-refractivity contribution in [3.05, 3.63) is 29.3 Å². The Morgan fingerprint density at radius 2 is 2.06 bits per heavy atom. The van der Waals surface area contributed by atoms with Crippen molar-refractivity contribution in [2.75, 3.05) is 13.7 Å². The average molecular weight is 222 g/mol. The van der Waals surface area contributed by atoms with Gasteiger partial charge in [-0.25, -0.2) is 0 Å². The maximum Gasteiger partial charge on any atom is 0.121 e. The molecule has 0 aliphatic carbocycles. The molecular weight excluding hydrogens is 200 g/mol. The lowest BCUT2D eigenvalue weighted by atomic mass is 10.0. The van der Waals surface area contributed by atoms with Crippen LogP contribution in [-0.2, 0) is 0 Å². The summed E-state index contributed by atoms with van der Waals surface area (Å²) in [7, 11) is 1.69. The van der Waals surface area contributed by atoms with Crippen molar-refractivity contribution < 1.29 is 4.74 Å². The molecule has 16 heavy (non-hydrogen) atoms. The van der Waals surface area contributed by atoms with Gasteiger partial charge in [0.2, 0.25) is 0 Å². The lowest BCUT2D eigenvalue weighted by Crippen LogP contribution is -2.33. The van der Waals surface area contributed by atoms with E-state index in [1.165, 1.54) is 5.56 Å². The van der Waals surface area contributed by atoms with Crippen LogP contribution in [0.3, 0.4) is 0 Å². The van der Waals surface area contributed by atoms with Gasteiger partial charge >= 0.3 is 0 Å². The Labute approximate surface area is 98.0 Å². The highest BCUT2D eigenvalue weighted by Gasteiger charge is 2.11. The fourth-order valence-corrected chi connectivity index (χ4v) is 1.82. The van der Waals surface area contributed by atoms with Gasteiger partial charge in [0.25, 0.3) is 0 Å². The molecule has 0 bridgehead atoms. The van der Waals surface area contributed by atoms with E-state index in [0.29, 0.717) is 12.6 Å². The van der Waals surface area contributed by atoms with Crippen molar-refractivity contribution in [3.8, 4) is 5.75 Å². The van der Waals surface area contributed by atoms with E-state index in [2.05, 4.69) is 31.3 Å². The molecule has 1 atom stereocenters. The number of hydrogen-bond donors (Lipinski definition) is 2. The van der Waals surface area contributed by atoms with E-state index in [0.717, 1.165) is 11.3 Å². The van der Waals surface area contributed by atoms with E-state index < -0.39 is 0 Å². The molecule has 1 rings (SSSR count). The highest BCUT2D eigenvalue weighted by Crippen LogP contribution is 2.22. The van der Waals surface area contributed by atoms with Crippen LogP contribution in [0.1, 0.15) is 31.0 Å². The van der Waals surface area contributed by atoms with Gasteiger partial charge in [-0.1, -0.05) is 26.0 Å². The summed E-state index contributed by atoms with van der Waals surface area (Å²) in [5, 5.41) is 3.44. The topological polar surface area (TPSA) is 47.3 Å². The van der Waals surface area contributed by atoms with Gasteiger partial charge in [-0.3, -0.25) is 0 Å². The van der Waals surface area contributed by atoms with Crippen LogP contribution in [0.4, 0.5) is 0 Å². The Bertz CT molecular complexity index is 337. The molecule has 0 saturated heterocycles. The van der Waals surface area contributed by atoms with E-state index in [4.69, 9.17) is 10.5 Å². The van der Waals surface area contributed by atoms with Crippen LogP contribution in [0.25, 0.3) is 0 Å². The number of aryl methyl sites for hydroxylation is 1. The molecule has 1 aromatic carbocycles. The fraction of sp³-hybridized carbons (Fsp3) is 0.538. The average Bonchev–Trinajstić information content (AvgIpc) is 2.25. The number of benzene rings is 1. The normalized spacial score (nSPS) is 12.9. The maximum absolute atomic E-state index is 5.78. The highest BCUT2D eigenvalue weighted by atomic mass is 16.5. The zero-order valence-corrected chi connectivity index (χ0v) is 10.6. The van der Waals surface area contributed by atoms with Gasteiger partial charge < -0.3 is 15.8 Å². The summed E-state index contributed by atoms with van der Waals surface area (Å²) in [6.07, 6.45) is 0. The van der Waals surface area contributed by atoms with E-state index in [9.17, 15) is 0 Å². The van der Waals surface area contributed by atoms with Crippen LogP contribution >= 0.6 is 0 Å². The molecule has 0 saturated carbocycles. The van der Waals surface area contributed by atoms with E-state index in [-0.39, 0.29) is 6.04 Å². The van der Waals surface area contributed by atoms with Crippen molar-refractivity contribution in [1.29, 1.82) is 0 Å². The number of hydrogen-bond acceptors (Lipinski definition) is 3. The second kappa shape index (κ2) is 5.87. The number of methoxy groups -OCH3 is 1. The van der Waals surface area contributed by atoms with Gasteiger partial charge in [0, 0.05) is 18.6 Å². The third-order valence-electron chi connectivity index (χ3n) is 2.59. The summed E-state index contributed by atoms with van der Waals surface area (Å²) in [6, 6.07) is 6.83. The van der Waals surface area contributed by atoms with Crippen LogP contribution in [-0.4, -0.2) is 19.7 Å². The largest absolute Gasteiger partial charge is 0.496 e. The molecule has 0 aromatic heterocycles. The summed E-state index contributed by atoms with van der Waals surface area (Å²) < 4.78 is 5.24. The monoisotopic (exact) mass is 222 g/mol. The summed E-state index contributed by atoms with van der Waals surface area (Å²) in [5.74, 6) is 0.920. The molecule has 0 aliphatic heterocycles. The molecule has 1 unspecified atom stereocenters. The summed E-state index contributed by atoms with van der Waals surface area (Å²) in [5.41, 5.74) is 8.14. The molecule has 0 radical (unpaired) electrons. The molecule has 0 spiro atoms. The van der Waals surface area contributed by atoms with Crippen molar-refractivity contribution >= 4 is 0 Å². The second-order valence-electron chi connectivity index (χ2n) is 4.34. The van der Waals surface area contributed by atoms with Gasteiger partial charge in [-0.2, -0.15) is 0 Å². The Balaban J connectivity index is 2.89. The van der Waals surface area contributed by atoms with Crippen LogP contribution < -0.4 is 15.8 Å². The van der Waals surface area contributed by atoms with Crippen LogP contribution in [0, 0.1) is 6.92 Å². The van der Waals surface area contributed by atoms with Gasteiger partial charge in [0.1, 0.15) is 5.75 Å². The summed E-state index contributed by atoms with van der Waals surface area (Å²) in [6.45, 7) is 6.90. The van der Waals surface area contributed by atoms with Crippen molar-refractivity contribution in [2.45, 2.75) is 32.9 Å². The quantitative estimate of drug-likeness (QED) is 0.801. The zero-order chi connectivity index (χ0) is 12.1. The van der Waals surface area contributed by atoms with Crippen molar-refractivity contribution in [1.82, 2.24) is 5.32 Å². The maximum atomic E-state index is 5.78. The third kappa shape index (κ3) is 3.22. The second-order valence-corrected chi connectivity index (χ2v) is 4.34. The van der Waals surface area contributed by atoms with Gasteiger partial charge in [-0.05, 0) is 24.1 Å². The number of nitrogens with one attached hydrogen (secondary N) is 1. The van der Waals surface area contributed by atoms with Gasteiger partial charge in [-0.15, -0.1) is 0 Å². The third-order valence-corrected chi connectivity index (χ3v) is 2.59. The predicted molar refractivity (Wildman–Crippen MR) is 67.8 cm³/mol. The van der Waals surface area contributed by atoms with Crippen LogP contribution in [0.2, 0.25) is 0 Å². The smallest absolute Gasteiger partial charge is 0.121 e. The minimum atomic E-state index is 0.213.